The first-order valence-corrected chi connectivity index (χ1v) is 6.40. The molecule has 0 aromatic rings. The Morgan fingerprint density at radius 2 is 1.87 bits per heavy atom. The standard InChI is InChI=1S/C12H17NS.ClH/c1-2-4-7-11(6-3-1)12-10-13-8-5-9-14-12;/h5,8-11H,1-4,6-7H2;1H. The van der Waals surface area contributed by atoms with E-state index in [1.165, 1.54) is 43.4 Å². The SMILES string of the molecule is C1=CSC(C2CCCCCC2)=CN=C1.Cl. The van der Waals surface area contributed by atoms with Crippen LogP contribution in [0.15, 0.2) is 27.6 Å². The second kappa shape index (κ2) is 7.13. The molecule has 0 radical (unpaired) electrons. The van der Waals surface area contributed by atoms with Crippen LogP contribution in [0.1, 0.15) is 38.5 Å². The van der Waals surface area contributed by atoms with Crippen LogP contribution in [-0.4, -0.2) is 6.21 Å². The highest BCUT2D eigenvalue weighted by Gasteiger charge is 2.16. The molecule has 0 unspecified atom stereocenters. The first-order valence-electron chi connectivity index (χ1n) is 5.52. The molecule has 1 fully saturated rings. The molecular weight excluding hydrogens is 226 g/mol. The molecule has 0 atom stereocenters. The van der Waals surface area contributed by atoms with E-state index in [9.17, 15) is 0 Å². The van der Waals surface area contributed by atoms with Crippen LogP contribution in [0.2, 0.25) is 0 Å². The summed E-state index contributed by atoms with van der Waals surface area (Å²) >= 11 is 1.86. The number of aliphatic imine (C=N–C) groups is 1. The van der Waals surface area contributed by atoms with Crippen molar-refractivity contribution in [3.05, 3.63) is 22.6 Å². The van der Waals surface area contributed by atoms with Crippen molar-refractivity contribution in [3.8, 4) is 0 Å². The molecule has 84 valence electrons. The Morgan fingerprint density at radius 1 is 1.13 bits per heavy atom. The molecule has 0 spiro atoms. The van der Waals surface area contributed by atoms with Crippen molar-refractivity contribution in [2.45, 2.75) is 38.5 Å². The molecule has 0 aromatic carbocycles. The zero-order valence-corrected chi connectivity index (χ0v) is 10.5. The fraction of sp³-hybridized carbons (Fsp3) is 0.583. The Kier molecular flexibility index (Phi) is 6.11. The highest BCUT2D eigenvalue weighted by atomic mass is 35.5. The highest BCUT2D eigenvalue weighted by molar-refractivity contribution is 8.05. The van der Waals surface area contributed by atoms with Crippen molar-refractivity contribution < 1.29 is 0 Å². The quantitative estimate of drug-likeness (QED) is 0.616. The monoisotopic (exact) mass is 243 g/mol. The lowest BCUT2D eigenvalue weighted by Gasteiger charge is -2.15. The molecule has 1 nitrogen and oxygen atoms in total. The first-order chi connectivity index (χ1) is 6.97. The molecule has 0 N–H and O–H groups in total. The molecule has 1 aliphatic heterocycles. The Labute approximate surface area is 103 Å². The summed E-state index contributed by atoms with van der Waals surface area (Å²) in [5, 5.41) is 2.15. The molecule has 0 bridgehead atoms. The normalized spacial score (nSPS) is 22.5. The van der Waals surface area contributed by atoms with Gasteiger partial charge in [-0.05, 0) is 30.2 Å². The summed E-state index contributed by atoms with van der Waals surface area (Å²) in [6, 6.07) is 0. The number of thioether (sulfide) groups is 1. The largest absolute Gasteiger partial charge is 0.264 e. The fourth-order valence-corrected chi connectivity index (χ4v) is 2.97. The predicted molar refractivity (Wildman–Crippen MR) is 71.7 cm³/mol. The van der Waals surface area contributed by atoms with E-state index >= 15 is 0 Å². The van der Waals surface area contributed by atoms with Crippen LogP contribution in [-0.2, 0) is 0 Å². The van der Waals surface area contributed by atoms with Gasteiger partial charge in [0, 0.05) is 17.3 Å². The summed E-state index contributed by atoms with van der Waals surface area (Å²) < 4.78 is 0. The van der Waals surface area contributed by atoms with Gasteiger partial charge < -0.3 is 0 Å². The predicted octanol–water partition coefficient (Wildman–Crippen LogP) is 4.55. The minimum absolute atomic E-state index is 0. The van der Waals surface area contributed by atoms with Crippen LogP contribution >= 0.6 is 24.2 Å². The molecule has 3 heteroatoms. The van der Waals surface area contributed by atoms with E-state index in [2.05, 4.69) is 16.6 Å². The topological polar surface area (TPSA) is 12.4 Å². The number of hydrogen-bond donors (Lipinski definition) is 0. The van der Waals surface area contributed by atoms with Gasteiger partial charge in [0.05, 0.1) is 0 Å². The lowest BCUT2D eigenvalue weighted by molar-refractivity contribution is 0.551. The van der Waals surface area contributed by atoms with Crippen molar-refractivity contribution in [2.75, 3.05) is 0 Å². The van der Waals surface area contributed by atoms with Crippen LogP contribution in [0.4, 0.5) is 0 Å². The van der Waals surface area contributed by atoms with Crippen LogP contribution in [0.25, 0.3) is 0 Å². The van der Waals surface area contributed by atoms with Gasteiger partial charge in [0.2, 0.25) is 0 Å². The summed E-state index contributed by atoms with van der Waals surface area (Å²) in [6.45, 7) is 0. The Morgan fingerprint density at radius 3 is 2.60 bits per heavy atom. The van der Waals surface area contributed by atoms with Gasteiger partial charge in [-0.3, -0.25) is 4.99 Å². The maximum absolute atomic E-state index is 4.26. The number of allylic oxidation sites excluding steroid dienone is 2. The van der Waals surface area contributed by atoms with E-state index < -0.39 is 0 Å². The van der Waals surface area contributed by atoms with Gasteiger partial charge in [-0.15, -0.1) is 24.2 Å². The van der Waals surface area contributed by atoms with Crippen LogP contribution in [0.5, 0.6) is 0 Å². The lowest BCUT2D eigenvalue weighted by Crippen LogP contribution is -1.99. The van der Waals surface area contributed by atoms with Gasteiger partial charge in [-0.2, -0.15) is 0 Å². The number of halogens is 1. The van der Waals surface area contributed by atoms with Crippen LogP contribution < -0.4 is 0 Å². The molecule has 1 aliphatic carbocycles. The fourth-order valence-electron chi connectivity index (χ4n) is 2.12. The van der Waals surface area contributed by atoms with Gasteiger partial charge in [0.25, 0.3) is 0 Å². The first kappa shape index (κ1) is 12.9. The molecule has 0 aromatic heterocycles. The Hall–Kier alpha value is -0.210. The smallest absolute Gasteiger partial charge is 0.0369 e. The summed E-state index contributed by atoms with van der Waals surface area (Å²) in [6.07, 6.45) is 14.3. The number of rotatable bonds is 1. The maximum Gasteiger partial charge on any atom is 0.0369 e. The van der Waals surface area contributed by atoms with Gasteiger partial charge in [0.15, 0.2) is 0 Å². The summed E-state index contributed by atoms with van der Waals surface area (Å²) in [5.41, 5.74) is 0. The summed E-state index contributed by atoms with van der Waals surface area (Å²) in [5.74, 6) is 0.780. The van der Waals surface area contributed by atoms with Crippen molar-refractivity contribution in [1.82, 2.24) is 0 Å². The molecule has 0 saturated heterocycles. The molecule has 2 aliphatic rings. The zero-order chi connectivity index (χ0) is 9.64. The van der Waals surface area contributed by atoms with Gasteiger partial charge in [-0.1, -0.05) is 25.7 Å². The Balaban J connectivity index is 0.00000112. The molecule has 1 heterocycles. The van der Waals surface area contributed by atoms with Crippen molar-refractivity contribution >= 4 is 30.4 Å². The lowest BCUT2D eigenvalue weighted by atomic mass is 10.0. The molecule has 15 heavy (non-hydrogen) atoms. The maximum atomic E-state index is 4.26. The summed E-state index contributed by atoms with van der Waals surface area (Å²) in [4.78, 5) is 5.73. The van der Waals surface area contributed by atoms with Crippen molar-refractivity contribution in [2.24, 2.45) is 10.9 Å². The van der Waals surface area contributed by atoms with E-state index in [0.717, 1.165) is 5.92 Å². The molecule has 2 rings (SSSR count). The molecule has 0 amide bonds. The number of nitrogens with zero attached hydrogens (tertiary/aromatic N) is 1. The van der Waals surface area contributed by atoms with E-state index in [4.69, 9.17) is 0 Å². The Bertz CT molecular complexity index is 263. The molecular formula is C12H18ClNS. The van der Waals surface area contributed by atoms with Crippen LogP contribution in [0.3, 0.4) is 0 Å². The van der Waals surface area contributed by atoms with E-state index in [1.54, 1.807) is 0 Å². The third kappa shape index (κ3) is 4.04. The minimum atomic E-state index is 0. The zero-order valence-electron chi connectivity index (χ0n) is 8.89. The number of hydrogen-bond acceptors (Lipinski definition) is 2. The third-order valence-corrected chi connectivity index (χ3v) is 3.92. The second-order valence-corrected chi connectivity index (χ2v) is 4.94. The van der Waals surface area contributed by atoms with Gasteiger partial charge in [-0.25, -0.2) is 0 Å². The van der Waals surface area contributed by atoms with Crippen molar-refractivity contribution in [1.29, 1.82) is 0 Å². The van der Waals surface area contributed by atoms with Crippen LogP contribution in [0, 0.1) is 5.92 Å². The van der Waals surface area contributed by atoms with Gasteiger partial charge in [0.1, 0.15) is 0 Å². The van der Waals surface area contributed by atoms with E-state index in [0.29, 0.717) is 0 Å². The molecule has 1 saturated carbocycles. The third-order valence-electron chi connectivity index (χ3n) is 2.91. The van der Waals surface area contributed by atoms with Gasteiger partial charge >= 0.3 is 0 Å². The highest BCUT2D eigenvalue weighted by Crippen LogP contribution is 2.35. The average Bonchev–Trinajstić information content (AvgIpc) is 2.62. The van der Waals surface area contributed by atoms with E-state index in [-0.39, 0.29) is 12.4 Å². The van der Waals surface area contributed by atoms with Crippen molar-refractivity contribution in [3.63, 3.8) is 0 Å². The van der Waals surface area contributed by atoms with E-state index in [1.807, 2.05) is 24.1 Å². The average molecular weight is 244 g/mol. The second-order valence-electron chi connectivity index (χ2n) is 3.96. The minimum Gasteiger partial charge on any atom is -0.264 e. The summed E-state index contributed by atoms with van der Waals surface area (Å²) in [7, 11) is 0.